The Morgan fingerprint density at radius 1 is 0.900 bits per heavy atom. The molecule has 6 heteroatoms. The Morgan fingerprint density at radius 2 is 1.53 bits per heavy atom. The van der Waals surface area contributed by atoms with Crippen LogP contribution < -0.4 is 0 Å². The average Bonchev–Trinajstić information content (AvgIpc) is 3.11. The molecule has 0 bridgehead atoms. The van der Waals surface area contributed by atoms with Gasteiger partial charge in [0.15, 0.2) is 5.78 Å². The van der Waals surface area contributed by atoms with Crippen LogP contribution in [0.1, 0.15) is 12.5 Å². The molecule has 30 heavy (non-hydrogen) atoms. The number of carbonyl (C=O) groups excluding carboxylic acids is 1. The molecule has 3 aromatic carbocycles. The fraction of sp³-hybridized carbons (Fsp3) is 0.0417. The highest BCUT2D eigenvalue weighted by atomic mass is 35.5. The van der Waals surface area contributed by atoms with E-state index in [0.29, 0.717) is 10.6 Å². The van der Waals surface area contributed by atoms with Crippen LogP contribution in [0, 0.1) is 0 Å². The number of aromatic nitrogens is 1. The maximum absolute atomic E-state index is 13.3. The van der Waals surface area contributed by atoms with Crippen LogP contribution in [0.3, 0.4) is 0 Å². The molecule has 0 atom stereocenters. The first kappa shape index (κ1) is 20.1. The van der Waals surface area contributed by atoms with Gasteiger partial charge < -0.3 is 4.98 Å². The number of fused-ring (bicyclic) bond motifs is 1. The average molecular weight is 436 g/mol. The number of H-pyrrole nitrogens is 1. The van der Waals surface area contributed by atoms with Crippen molar-refractivity contribution in [1.29, 1.82) is 0 Å². The summed E-state index contributed by atoms with van der Waals surface area (Å²) in [5.41, 5.74) is 3.16. The largest absolute Gasteiger partial charge is 0.354 e. The van der Waals surface area contributed by atoms with Crippen LogP contribution >= 0.6 is 11.6 Å². The van der Waals surface area contributed by atoms with Crippen molar-refractivity contribution in [2.24, 2.45) is 0 Å². The summed E-state index contributed by atoms with van der Waals surface area (Å²) in [7, 11) is -4.02. The standard InChI is InChI=1S/C24H18ClNO3S/c1-16(27)23(30(28,29)19-13-11-18(25)12-14-19)15-21-20-9-5-6-10-22(20)26-24(21)17-7-3-2-4-8-17/h2-15,26H,1H3/b23-15+. The number of ketones is 1. The third-order valence-corrected chi connectivity index (χ3v) is 6.97. The number of Topliss-reactive ketones (excluding diaryl/α,β-unsaturated/α-hetero) is 1. The molecule has 0 unspecified atom stereocenters. The van der Waals surface area contributed by atoms with Crippen LogP contribution in [0.4, 0.5) is 0 Å². The van der Waals surface area contributed by atoms with Gasteiger partial charge in [-0.3, -0.25) is 4.79 Å². The number of aromatic amines is 1. The van der Waals surface area contributed by atoms with Crippen LogP contribution in [0.5, 0.6) is 0 Å². The zero-order chi connectivity index (χ0) is 21.3. The Morgan fingerprint density at radius 3 is 2.20 bits per heavy atom. The zero-order valence-electron chi connectivity index (χ0n) is 16.1. The Hall–Kier alpha value is -3.15. The SMILES string of the molecule is CC(=O)/C(=C\c1c(-c2ccccc2)[nH]c2ccccc12)S(=O)(=O)c1ccc(Cl)cc1. The van der Waals surface area contributed by atoms with Crippen molar-refractivity contribution in [3.8, 4) is 11.3 Å². The number of sulfone groups is 1. The van der Waals surface area contributed by atoms with Gasteiger partial charge in [-0.2, -0.15) is 0 Å². The highest BCUT2D eigenvalue weighted by molar-refractivity contribution is 7.96. The Kier molecular flexibility index (Phi) is 5.33. The molecule has 0 saturated heterocycles. The molecular weight excluding hydrogens is 418 g/mol. The molecule has 0 saturated carbocycles. The third kappa shape index (κ3) is 3.70. The van der Waals surface area contributed by atoms with Gasteiger partial charge in [0, 0.05) is 21.5 Å². The second-order valence-electron chi connectivity index (χ2n) is 6.85. The molecule has 4 nitrogen and oxygen atoms in total. The summed E-state index contributed by atoms with van der Waals surface area (Å²) in [5, 5.41) is 1.26. The first-order valence-corrected chi connectivity index (χ1v) is 11.1. The maximum atomic E-state index is 13.3. The van der Waals surface area contributed by atoms with E-state index in [0.717, 1.165) is 22.2 Å². The Bertz CT molecular complexity index is 1370. The highest BCUT2D eigenvalue weighted by Gasteiger charge is 2.26. The van der Waals surface area contributed by atoms with Gasteiger partial charge >= 0.3 is 0 Å². The summed E-state index contributed by atoms with van der Waals surface area (Å²) in [5.74, 6) is -0.533. The van der Waals surface area contributed by atoms with Gasteiger partial charge in [-0.05, 0) is 48.9 Å². The van der Waals surface area contributed by atoms with Crippen molar-refractivity contribution in [3.05, 3.63) is 94.4 Å². The minimum absolute atomic E-state index is 0.0226. The van der Waals surface area contributed by atoms with Crippen LogP contribution in [0.15, 0.2) is 88.7 Å². The van der Waals surface area contributed by atoms with Gasteiger partial charge in [-0.1, -0.05) is 60.1 Å². The van der Waals surface area contributed by atoms with Crippen molar-refractivity contribution in [2.75, 3.05) is 0 Å². The Balaban J connectivity index is 1.98. The normalized spacial score (nSPS) is 12.3. The van der Waals surface area contributed by atoms with Gasteiger partial charge in [0.05, 0.1) is 10.6 Å². The lowest BCUT2D eigenvalue weighted by atomic mass is 10.0. The molecule has 0 amide bonds. The molecule has 4 aromatic rings. The van der Waals surface area contributed by atoms with Crippen LogP contribution in [0.2, 0.25) is 5.02 Å². The van der Waals surface area contributed by atoms with Crippen molar-refractivity contribution in [1.82, 2.24) is 4.98 Å². The zero-order valence-corrected chi connectivity index (χ0v) is 17.7. The first-order valence-electron chi connectivity index (χ1n) is 9.27. The summed E-state index contributed by atoms with van der Waals surface area (Å²) >= 11 is 5.89. The molecule has 150 valence electrons. The fourth-order valence-electron chi connectivity index (χ4n) is 3.39. The minimum Gasteiger partial charge on any atom is -0.354 e. The summed E-state index contributed by atoms with van der Waals surface area (Å²) in [6.07, 6.45) is 1.47. The topological polar surface area (TPSA) is 67.0 Å². The van der Waals surface area contributed by atoms with Crippen molar-refractivity contribution < 1.29 is 13.2 Å². The number of hydrogen-bond donors (Lipinski definition) is 1. The quantitative estimate of drug-likeness (QED) is 0.397. The monoisotopic (exact) mass is 435 g/mol. The van der Waals surface area contributed by atoms with E-state index in [1.165, 1.54) is 37.3 Å². The molecular formula is C24H18ClNO3S. The molecule has 4 rings (SSSR count). The molecule has 1 heterocycles. The number of rotatable bonds is 5. The highest BCUT2D eigenvalue weighted by Crippen LogP contribution is 2.34. The van der Waals surface area contributed by atoms with E-state index >= 15 is 0 Å². The van der Waals surface area contributed by atoms with Crippen molar-refractivity contribution in [2.45, 2.75) is 11.8 Å². The molecule has 0 fully saturated rings. The van der Waals surface area contributed by atoms with Crippen molar-refractivity contribution >= 4 is 44.2 Å². The summed E-state index contributed by atoms with van der Waals surface area (Å²) < 4.78 is 26.5. The van der Waals surface area contributed by atoms with E-state index in [9.17, 15) is 13.2 Å². The fourth-order valence-corrected chi connectivity index (χ4v) is 4.91. The third-order valence-electron chi connectivity index (χ3n) is 4.84. The number of allylic oxidation sites excluding steroid dienone is 1. The van der Waals surface area contributed by atoms with Crippen molar-refractivity contribution in [3.63, 3.8) is 0 Å². The maximum Gasteiger partial charge on any atom is 0.210 e. The number of hydrogen-bond acceptors (Lipinski definition) is 3. The molecule has 0 radical (unpaired) electrons. The number of para-hydroxylation sites is 1. The first-order chi connectivity index (χ1) is 14.4. The number of benzene rings is 3. The van der Waals surface area contributed by atoms with Gasteiger partial charge in [-0.25, -0.2) is 8.42 Å². The summed E-state index contributed by atoms with van der Waals surface area (Å²) in [6, 6.07) is 23.0. The minimum atomic E-state index is -4.02. The van der Waals surface area contributed by atoms with E-state index in [1.54, 1.807) is 0 Å². The molecule has 0 aliphatic rings. The predicted octanol–water partition coefficient (Wildman–Crippen LogP) is 5.89. The molecule has 0 spiro atoms. The smallest absolute Gasteiger partial charge is 0.210 e. The van der Waals surface area contributed by atoms with E-state index in [2.05, 4.69) is 4.98 Å². The predicted molar refractivity (Wildman–Crippen MR) is 121 cm³/mol. The lowest BCUT2D eigenvalue weighted by molar-refractivity contribution is -0.112. The Labute approximate surface area is 179 Å². The number of halogens is 1. The number of nitrogens with one attached hydrogen (secondary N) is 1. The lowest BCUT2D eigenvalue weighted by Gasteiger charge is -2.08. The second-order valence-corrected chi connectivity index (χ2v) is 9.20. The van der Waals surface area contributed by atoms with Crippen LogP contribution in [0.25, 0.3) is 28.2 Å². The molecule has 0 aliphatic carbocycles. The van der Waals surface area contributed by atoms with Crippen LogP contribution in [-0.4, -0.2) is 19.2 Å². The van der Waals surface area contributed by atoms with Gasteiger partial charge in [0.1, 0.15) is 4.91 Å². The second kappa shape index (κ2) is 7.94. The summed E-state index contributed by atoms with van der Waals surface area (Å²) in [6.45, 7) is 1.26. The molecule has 1 aromatic heterocycles. The van der Waals surface area contributed by atoms with Gasteiger partial charge in [-0.15, -0.1) is 0 Å². The summed E-state index contributed by atoms with van der Waals surface area (Å²) in [4.78, 5) is 15.6. The van der Waals surface area contributed by atoms with E-state index in [-0.39, 0.29) is 9.80 Å². The van der Waals surface area contributed by atoms with Crippen LogP contribution in [-0.2, 0) is 14.6 Å². The van der Waals surface area contributed by atoms with Gasteiger partial charge in [0.2, 0.25) is 9.84 Å². The van der Waals surface area contributed by atoms with E-state index < -0.39 is 15.6 Å². The number of carbonyl (C=O) groups is 1. The molecule has 1 N–H and O–H groups in total. The van der Waals surface area contributed by atoms with Gasteiger partial charge in [0.25, 0.3) is 0 Å². The van der Waals surface area contributed by atoms with E-state index in [4.69, 9.17) is 11.6 Å². The lowest BCUT2D eigenvalue weighted by Crippen LogP contribution is -2.11. The van der Waals surface area contributed by atoms with E-state index in [1.807, 2.05) is 54.6 Å². The molecule has 0 aliphatic heterocycles.